The molecule has 2 heteroatoms. The Labute approximate surface area is 199 Å². The van der Waals surface area contributed by atoms with Gasteiger partial charge < -0.3 is 4.57 Å². The zero-order valence-electron chi connectivity index (χ0n) is 18.6. The Morgan fingerprint density at radius 3 is 1.56 bits per heavy atom. The maximum Gasteiger partial charge on any atom is 0.171 e. The Kier molecular flexibility index (Phi) is 5.13. The van der Waals surface area contributed by atoms with Crippen LogP contribution in [-0.2, 0) is 4.57 Å². The van der Waals surface area contributed by atoms with Gasteiger partial charge in [-0.25, -0.2) is 0 Å². The van der Waals surface area contributed by atoms with E-state index in [2.05, 4.69) is 72.8 Å². The fraction of sp³-hybridized carbons (Fsp3) is 0. The molecule has 6 rings (SSSR count). The summed E-state index contributed by atoms with van der Waals surface area (Å²) in [7, 11) is -3.08. The van der Waals surface area contributed by atoms with Gasteiger partial charge in [-0.2, -0.15) is 0 Å². The number of benzene rings is 6. The number of fused-ring (bicyclic) bond motifs is 2. The highest BCUT2D eigenvalue weighted by molar-refractivity contribution is 7.85. The van der Waals surface area contributed by atoms with Crippen LogP contribution in [0.3, 0.4) is 0 Å². The van der Waals surface area contributed by atoms with Crippen LogP contribution >= 0.6 is 7.14 Å². The number of hydrogen-bond donors (Lipinski definition) is 0. The third-order valence-electron chi connectivity index (χ3n) is 6.56. The first-order chi connectivity index (χ1) is 16.8. The van der Waals surface area contributed by atoms with E-state index in [0.29, 0.717) is 0 Å². The van der Waals surface area contributed by atoms with E-state index in [1.54, 1.807) is 0 Å². The molecule has 0 heterocycles. The fourth-order valence-corrected chi connectivity index (χ4v) is 7.81. The van der Waals surface area contributed by atoms with Crippen LogP contribution in [0.15, 0.2) is 140 Å². The van der Waals surface area contributed by atoms with E-state index in [-0.39, 0.29) is 0 Å². The molecule has 0 amide bonds. The molecule has 0 spiro atoms. The van der Waals surface area contributed by atoms with Crippen LogP contribution in [0.5, 0.6) is 0 Å². The molecule has 162 valence electrons. The lowest BCUT2D eigenvalue weighted by atomic mass is 9.94. The van der Waals surface area contributed by atoms with Crippen molar-refractivity contribution in [1.82, 2.24) is 0 Å². The molecule has 0 saturated carbocycles. The zero-order valence-corrected chi connectivity index (χ0v) is 19.5. The Bertz CT molecular complexity index is 1620. The van der Waals surface area contributed by atoms with Gasteiger partial charge in [0.25, 0.3) is 0 Å². The maximum atomic E-state index is 15.1. The van der Waals surface area contributed by atoms with Crippen LogP contribution in [0.4, 0.5) is 0 Å². The van der Waals surface area contributed by atoms with Gasteiger partial charge in [0.15, 0.2) is 7.14 Å². The fourth-order valence-electron chi connectivity index (χ4n) is 4.96. The van der Waals surface area contributed by atoms with Gasteiger partial charge in [-0.3, -0.25) is 0 Å². The van der Waals surface area contributed by atoms with Crippen molar-refractivity contribution in [2.45, 2.75) is 0 Å². The molecule has 0 aromatic heterocycles. The standard InChI is InChI=1S/C32H23OP/c33-34(25-14-3-1-4-15-25,26-16-5-2-6-17-26)32-23-22-30(29-19-9-10-20-31(29)32)28-21-11-13-24-12-7-8-18-27(24)28/h1-23H. The van der Waals surface area contributed by atoms with Gasteiger partial charge in [0.05, 0.1) is 0 Å². The summed E-state index contributed by atoms with van der Waals surface area (Å²) in [6.07, 6.45) is 0. The van der Waals surface area contributed by atoms with E-state index in [4.69, 9.17) is 0 Å². The second-order valence-corrected chi connectivity index (χ2v) is 11.2. The lowest BCUT2D eigenvalue weighted by Crippen LogP contribution is -2.25. The molecule has 0 aliphatic heterocycles. The average Bonchev–Trinajstić information content (AvgIpc) is 2.93. The summed E-state index contributed by atoms with van der Waals surface area (Å²) in [5.41, 5.74) is 2.35. The number of hydrogen-bond acceptors (Lipinski definition) is 1. The molecule has 6 aromatic rings. The van der Waals surface area contributed by atoms with Crippen LogP contribution in [-0.4, -0.2) is 0 Å². The van der Waals surface area contributed by atoms with Gasteiger partial charge in [-0.05, 0) is 38.7 Å². The maximum absolute atomic E-state index is 15.1. The molecule has 1 nitrogen and oxygen atoms in total. The van der Waals surface area contributed by atoms with Crippen LogP contribution in [0, 0.1) is 0 Å². The SMILES string of the molecule is O=P(c1ccccc1)(c1ccccc1)c1ccc(-c2cccc3ccccc23)c2ccccc12. The lowest BCUT2D eigenvalue weighted by molar-refractivity contribution is 0.592. The summed E-state index contributed by atoms with van der Waals surface area (Å²) in [6, 6.07) is 47.3. The molecule has 0 aliphatic rings. The Morgan fingerprint density at radius 2 is 0.882 bits per heavy atom. The summed E-state index contributed by atoms with van der Waals surface area (Å²) in [4.78, 5) is 0. The molecule has 0 N–H and O–H groups in total. The Hall–Kier alpha value is -3.93. The van der Waals surface area contributed by atoms with Gasteiger partial charge in [-0.15, -0.1) is 0 Å². The second-order valence-electron chi connectivity index (χ2n) is 8.48. The monoisotopic (exact) mass is 454 g/mol. The second kappa shape index (κ2) is 8.45. The largest absolute Gasteiger partial charge is 0.309 e. The van der Waals surface area contributed by atoms with E-state index in [1.807, 2.05) is 66.7 Å². The smallest absolute Gasteiger partial charge is 0.171 e. The van der Waals surface area contributed by atoms with Crippen molar-refractivity contribution in [3.63, 3.8) is 0 Å². The van der Waals surface area contributed by atoms with Crippen molar-refractivity contribution in [2.75, 3.05) is 0 Å². The summed E-state index contributed by atoms with van der Waals surface area (Å²) >= 11 is 0. The molecular formula is C32H23OP. The van der Waals surface area contributed by atoms with Crippen molar-refractivity contribution in [3.05, 3.63) is 140 Å². The first-order valence-corrected chi connectivity index (χ1v) is 13.2. The van der Waals surface area contributed by atoms with Crippen molar-refractivity contribution < 1.29 is 4.57 Å². The average molecular weight is 455 g/mol. The Morgan fingerprint density at radius 1 is 0.382 bits per heavy atom. The highest BCUT2D eigenvalue weighted by Crippen LogP contribution is 2.45. The van der Waals surface area contributed by atoms with Crippen molar-refractivity contribution in [2.24, 2.45) is 0 Å². The van der Waals surface area contributed by atoms with Gasteiger partial charge in [0, 0.05) is 15.9 Å². The van der Waals surface area contributed by atoms with Crippen molar-refractivity contribution in [3.8, 4) is 11.1 Å². The van der Waals surface area contributed by atoms with Gasteiger partial charge in [0.2, 0.25) is 0 Å². The summed E-state index contributed by atoms with van der Waals surface area (Å²) in [6.45, 7) is 0. The van der Waals surface area contributed by atoms with Crippen LogP contribution < -0.4 is 15.9 Å². The normalized spacial score (nSPS) is 11.6. The lowest BCUT2D eigenvalue weighted by Gasteiger charge is -2.23. The van der Waals surface area contributed by atoms with Crippen molar-refractivity contribution in [1.29, 1.82) is 0 Å². The van der Waals surface area contributed by atoms with Crippen LogP contribution in [0.2, 0.25) is 0 Å². The predicted octanol–water partition coefficient (Wildman–Crippen LogP) is 7.30. The first kappa shape index (κ1) is 20.7. The molecule has 0 fully saturated rings. The highest BCUT2D eigenvalue weighted by Gasteiger charge is 2.31. The molecule has 0 saturated heterocycles. The molecule has 0 radical (unpaired) electrons. The van der Waals surface area contributed by atoms with E-state index in [9.17, 15) is 0 Å². The summed E-state index contributed by atoms with van der Waals surface area (Å²) < 4.78 is 15.1. The molecule has 0 aliphatic carbocycles. The molecular weight excluding hydrogens is 431 g/mol. The molecule has 6 aromatic carbocycles. The van der Waals surface area contributed by atoms with E-state index in [1.165, 1.54) is 16.3 Å². The topological polar surface area (TPSA) is 17.1 Å². The quantitative estimate of drug-likeness (QED) is 0.256. The van der Waals surface area contributed by atoms with Gasteiger partial charge >= 0.3 is 0 Å². The van der Waals surface area contributed by atoms with E-state index in [0.717, 1.165) is 32.2 Å². The van der Waals surface area contributed by atoms with Gasteiger partial charge in [0.1, 0.15) is 0 Å². The third kappa shape index (κ3) is 3.29. The summed E-state index contributed by atoms with van der Waals surface area (Å²) in [5, 5.41) is 7.16. The summed E-state index contributed by atoms with van der Waals surface area (Å²) in [5.74, 6) is 0. The van der Waals surface area contributed by atoms with Crippen LogP contribution in [0.25, 0.3) is 32.7 Å². The minimum Gasteiger partial charge on any atom is -0.309 e. The molecule has 0 bridgehead atoms. The molecule has 0 atom stereocenters. The minimum atomic E-state index is -3.08. The first-order valence-electron chi connectivity index (χ1n) is 11.5. The highest BCUT2D eigenvalue weighted by atomic mass is 31.2. The Balaban J connectivity index is 1.68. The molecule has 0 unspecified atom stereocenters. The molecule has 34 heavy (non-hydrogen) atoms. The minimum absolute atomic E-state index is 0.851. The third-order valence-corrected chi connectivity index (χ3v) is 9.68. The van der Waals surface area contributed by atoms with Gasteiger partial charge in [-0.1, -0.05) is 133 Å². The van der Waals surface area contributed by atoms with E-state index >= 15 is 4.57 Å². The zero-order chi connectivity index (χ0) is 23.0. The predicted molar refractivity (Wildman–Crippen MR) is 146 cm³/mol. The van der Waals surface area contributed by atoms with Crippen molar-refractivity contribution >= 4 is 44.6 Å². The van der Waals surface area contributed by atoms with E-state index < -0.39 is 7.14 Å². The van der Waals surface area contributed by atoms with Crippen LogP contribution in [0.1, 0.15) is 0 Å². The number of rotatable bonds is 4.